The molecule has 0 bridgehead atoms. The molecule has 25 heavy (non-hydrogen) atoms. The Bertz CT molecular complexity index is 743. The third-order valence-electron chi connectivity index (χ3n) is 4.44. The van der Waals surface area contributed by atoms with Gasteiger partial charge in [0.25, 0.3) is 11.8 Å². The highest BCUT2D eigenvalue weighted by Crippen LogP contribution is 2.14. The first-order valence-electron chi connectivity index (χ1n) is 8.75. The minimum Gasteiger partial charge on any atom is -0.348 e. The molecule has 6 nitrogen and oxygen atoms in total. The largest absolute Gasteiger partial charge is 0.348 e. The summed E-state index contributed by atoms with van der Waals surface area (Å²) in [5, 5.41) is 7.06. The molecular formula is C19H24N4O2. The molecule has 2 aromatic rings. The number of hydrogen-bond acceptors (Lipinski definition) is 3. The topological polar surface area (TPSA) is 67.2 Å². The molecule has 1 aromatic carbocycles. The van der Waals surface area contributed by atoms with E-state index < -0.39 is 0 Å². The van der Waals surface area contributed by atoms with Crippen molar-refractivity contribution in [3.05, 3.63) is 53.3 Å². The fourth-order valence-corrected chi connectivity index (χ4v) is 2.89. The third-order valence-corrected chi connectivity index (χ3v) is 4.44. The van der Waals surface area contributed by atoms with Crippen molar-refractivity contribution in [1.82, 2.24) is 20.0 Å². The van der Waals surface area contributed by atoms with Gasteiger partial charge in [-0.25, -0.2) is 0 Å². The van der Waals surface area contributed by atoms with Crippen LogP contribution in [0.3, 0.4) is 0 Å². The van der Waals surface area contributed by atoms with Crippen LogP contribution in [0.25, 0.3) is 0 Å². The molecule has 1 fully saturated rings. The van der Waals surface area contributed by atoms with Crippen molar-refractivity contribution in [3.63, 3.8) is 0 Å². The van der Waals surface area contributed by atoms with Crippen molar-refractivity contribution in [2.45, 2.75) is 39.3 Å². The smallest absolute Gasteiger partial charge is 0.254 e. The Balaban J connectivity index is 1.56. The summed E-state index contributed by atoms with van der Waals surface area (Å²) in [7, 11) is 0. The molecule has 132 valence electrons. The lowest BCUT2D eigenvalue weighted by Gasteiger charge is -2.15. The van der Waals surface area contributed by atoms with E-state index in [0.29, 0.717) is 17.7 Å². The highest BCUT2D eigenvalue weighted by atomic mass is 16.2. The Morgan fingerprint density at radius 3 is 2.40 bits per heavy atom. The zero-order chi connectivity index (χ0) is 17.8. The Kier molecular flexibility index (Phi) is 5.16. The van der Waals surface area contributed by atoms with E-state index in [-0.39, 0.29) is 17.9 Å². The second-order valence-corrected chi connectivity index (χ2v) is 6.68. The fourth-order valence-electron chi connectivity index (χ4n) is 2.89. The number of aromatic nitrogens is 2. The van der Waals surface area contributed by atoms with Gasteiger partial charge in [0, 0.05) is 37.4 Å². The summed E-state index contributed by atoms with van der Waals surface area (Å²) in [4.78, 5) is 26.4. The van der Waals surface area contributed by atoms with Gasteiger partial charge in [-0.15, -0.1) is 0 Å². The molecule has 1 aromatic heterocycles. The molecule has 3 rings (SSSR count). The Hall–Kier alpha value is -2.63. The van der Waals surface area contributed by atoms with Gasteiger partial charge < -0.3 is 10.2 Å². The fraction of sp³-hybridized carbons (Fsp3) is 0.421. The number of nitrogens with one attached hydrogen (secondary N) is 1. The lowest BCUT2D eigenvalue weighted by Crippen LogP contribution is -2.27. The average molecular weight is 340 g/mol. The highest BCUT2D eigenvalue weighted by Gasteiger charge is 2.19. The molecule has 0 spiro atoms. The van der Waals surface area contributed by atoms with Crippen LogP contribution in [-0.4, -0.2) is 39.6 Å². The monoisotopic (exact) mass is 340 g/mol. The van der Waals surface area contributed by atoms with Crippen molar-refractivity contribution in [3.8, 4) is 0 Å². The minimum absolute atomic E-state index is 0.0918. The molecule has 2 heterocycles. The summed E-state index contributed by atoms with van der Waals surface area (Å²) in [6.45, 7) is 6.14. The van der Waals surface area contributed by atoms with Crippen molar-refractivity contribution < 1.29 is 9.59 Å². The number of likely N-dealkylation sites (tertiary alicyclic amines) is 1. The van der Waals surface area contributed by atoms with E-state index in [1.54, 1.807) is 17.1 Å². The summed E-state index contributed by atoms with van der Waals surface area (Å²) >= 11 is 0. The molecule has 0 radical (unpaired) electrons. The summed E-state index contributed by atoms with van der Waals surface area (Å²) in [5.41, 5.74) is 2.22. The Morgan fingerprint density at radius 1 is 1.12 bits per heavy atom. The van der Waals surface area contributed by atoms with E-state index in [4.69, 9.17) is 0 Å². The molecule has 2 amide bonds. The molecule has 1 saturated heterocycles. The quantitative estimate of drug-likeness (QED) is 0.910. The Labute approximate surface area is 147 Å². The molecule has 6 heteroatoms. The van der Waals surface area contributed by atoms with Gasteiger partial charge in [-0.1, -0.05) is 12.1 Å². The second-order valence-electron chi connectivity index (χ2n) is 6.68. The van der Waals surface area contributed by atoms with Gasteiger partial charge in [0.1, 0.15) is 0 Å². The lowest BCUT2D eigenvalue weighted by atomic mass is 10.1. The van der Waals surface area contributed by atoms with Crippen LogP contribution in [0.2, 0.25) is 0 Å². The van der Waals surface area contributed by atoms with Crippen LogP contribution >= 0.6 is 0 Å². The third kappa shape index (κ3) is 4.07. The first kappa shape index (κ1) is 17.2. The molecule has 0 atom stereocenters. The molecule has 0 aliphatic carbocycles. The van der Waals surface area contributed by atoms with E-state index >= 15 is 0 Å². The van der Waals surface area contributed by atoms with Gasteiger partial charge in [-0.05, 0) is 44.4 Å². The van der Waals surface area contributed by atoms with Crippen LogP contribution < -0.4 is 5.32 Å². The van der Waals surface area contributed by atoms with Gasteiger partial charge in [0.05, 0.1) is 11.8 Å². The molecule has 0 saturated carbocycles. The van der Waals surface area contributed by atoms with Crippen LogP contribution in [0.5, 0.6) is 0 Å². The van der Waals surface area contributed by atoms with Gasteiger partial charge >= 0.3 is 0 Å². The van der Waals surface area contributed by atoms with Crippen molar-refractivity contribution in [1.29, 1.82) is 0 Å². The SMILES string of the molecule is CC(C)n1cc(C(=O)NCc2ccc(C(=O)N3CCCC3)cc2)cn1. The normalized spacial score (nSPS) is 14.1. The number of carbonyl (C=O) groups is 2. The number of nitrogens with zero attached hydrogens (tertiary/aromatic N) is 3. The number of amides is 2. The summed E-state index contributed by atoms with van der Waals surface area (Å²) in [6, 6.07) is 7.67. The van der Waals surface area contributed by atoms with Gasteiger partial charge in [0.15, 0.2) is 0 Å². The number of benzene rings is 1. The average Bonchev–Trinajstić information content (AvgIpc) is 3.31. The molecule has 1 N–H and O–H groups in total. The van der Waals surface area contributed by atoms with Crippen LogP contribution in [0, 0.1) is 0 Å². The van der Waals surface area contributed by atoms with Crippen molar-refractivity contribution >= 4 is 11.8 Å². The molecular weight excluding hydrogens is 316 g/mol. The van der Waals surface area contributed by atoms with Crippen LogP contribution in [0.15, 0.2) is 36.7 Å². The minimum atomic E-state index is -0.149. The maximum Gasteiger partial charge on any atom is 0.254 e. The summed E-state index contributed by atoms with van der Waals surface area (Å²) < 4.78 is 1.76. The maximum atomic E-state index is 12.3. The zero-order valence-corrected chi connectivity index (χ0v) is 14.7. The first-order chi connectivity index (χ1) is 12.0. The molecule has 0 unspecified atom stereocenters. The van der Waals surface area contributed by atoms with Crippen LogP contribution in [0.1, 0.15) is 59.0 Å². The van der Waals surface area contributed by atoms with E-state index in [1.165, 1.54) is 0 Å². The van der Waals surface area contributed by atoms with E-state index in [1.807, 2.05) is 43.0 Å². The van der Waals surface area contributed by atoms with Gasteiger partial charge in [0.2, 0.25) is 0 Å². The highest BCUT2D eigenvalue weighted by molar-refractivity contribution is 5.94. The van der Waals surface area contributed by atoms with Crippen molar-refractivity contribution in [2.75, 3.05) is 13.1 Å². The maximum absolute atomic E-state index is 12.3. The van der Waals surface area contributed by atoms with Crippen LogP contribution in [-0.2, 0) is 6.54 Å². The second kappa shape index (κ2) is 7.51. The molecule has 1 aliphatic heterocycles. The van der Waals surface area contributed by atoms with E-state index in [9.17, 15) is 9.59 Å². The van der Waals surface area contributed by atoms with E-state index in [2.05, 4.69) is 10.4 Å². The molecule has 1 aliphatic rings. The Morgan fingerprint density at radius 2 is 1.80 bits per heavy atom. The first-order valence-corrected chi connectivity index (χ1v) is 8.75. The van der Waals surface area contributed by atoms with Gasteiger partial charge in [-0.2, -0.15) is 5.10 Å². The lowest BCUT2D eigenvalue weighted by molar-refractivity contribution is 0.0792. The summed E-state index contributed by atoms with van der Waals surface area (Å²) in [6.07, 6.45) is 5.50. The van der Waals surface area contributed by atoms with Crippen molar-refractivity contribution in [2.24, 2.45) is 0 Å². The predicted octanol–water partition coefficient (Wildman–Crippen LogP) is 2.63. The van der Waals surface area contributed by atoms with E-state index in [0.717, 1.165) is 31.5 Å². The van der Waals surface area contributed by atoms with Gasteiger partial charge in [-0.3, -0.25) is 14.3 Å². The van der Waals surface area contributed by atoms with Crippen LogP contribution in [0.4, 0.5) is 0 Å². The predicted molar refractivity (Wildman–Crippen MR) is 95.4 cm³/mol. The standard InChI is InChI=1S/C19H24N4O2/c1-14(2)23-13-17(12-21-23)18(24)20-11-15-5-7-16(8-6-15)19(25)22-9-3-4-10-22/h5-8,12-14H,3-4,9-11H2,1-2H3,(H,20,24). The number of hydrogen-bond donors (Lipinski definition) is 1. The number of carbonyl (C=O) groups excluding carboxylic acids is 2. The zero-order valence-electron chi connectivity index (χ0n) is 14.7. The summed E-state index contributed by atoms with van der Waals surface area (Å²) in [5.74, 6) is -0.0571. The number of rotatable bonds is 5.